The largest absolute Gasteiger partial charge is 0.434 e. The number of piperidine rings is 1. The van der Waals surface area contributed by atoms with Gasteiger partial charge < -0.3 is 19.3 Å². The van der Waals surface area contributed by atoms with Crippen LogP contribution in [0.2, 0.25) is 0 Å². The van der Waals surface area contributed by atoms with Crippen LogP contribution in [0.15, 0.2) is 18.2 Å². The van der Waals surface area contributed by atoms with Crippen LogP contribution in [0, 0.1) is 6.92 Å². The molecule has 3 fully saturated rings. The molecule has 3 aliphatic heterocycles. The summed E-state index contributed by atoms with van der Waals surface area (Å²) in [5.41, 5.74) is 3.25. The maximum atomic E-state index is 12.8. The van der Waals surface area contributed by atoms with Crippen molar-refractivity contribution in [2.24, 2.45) is 0 Å². The minimum atomic E-state index is -5.72. The number of halogens is 6. The monoisotopic (exact) mass is 523 g/mol. The Kier molecular flexibility index (Phi) is 7.66. The molecule has 3 heterocycles. The maximum Gasteiger partial charge on any atom is 0.434 e. The van der Waals surface area contributed by atoms with Gasteiger partial charge in [-0.15, -0.1) is 0 Å². The fourth-order valence-electron chi connectivity index (χ4n) is 5.53. The van der Waals surface area contributed by atoms with Crippen LogP contribution < -0.4 is 4.90 Å². The number of carbonyl (C=O) groups is 1. The van der Waals surface area contributed by atoms with Crippen molar-refractivity contribution in [1.82, 2.24) is 9.80 Å². The molecule has 0 aliphatic carbocycles. The number of benzene rings is 1. The van der Waals surface area contributed by atoms with Gasteiger partial charge in [0.2, 0.25) is 0 Å². The van der Waals surface area contributed by atoms with Gasteiger partial charge in [-0.3, -0.25) is 4.90 Å². The first-order valence-electron chi connectivity index (χ1n) is 12.2. The highest BCUT2D eigenvalue weighted by Gasteiger charge is 2.60. The van der Waals surface area contributed by atoms with Gasteiger partial charge in [-0.1, -0.05) is 12.1 Å². The predicted molar refractivity (Wildman–Crippen MR) is 120 cm³/mol. The van der Waals surface area contributed by atoms with E-state index in [4.69, 9.17) is 4.74 Å². The molecule has 3 aliphatic rings. The first-order chi connectivity index (χ1) is 16.9. The lowest BCUT2D eigenvalue weighted by Crippen LogP contribution is -2.54. The molecule has 0 radical (unpaired) electrons. The first kappa shape index (κ1) is 26.8. The molecule has 0 N–H and O–H groups in total. The Labute approximate surface area is 206 Å². The number of rotatable bonds is 4. The van der Waals surface area contributed by atoms with Crippen LogP contribution in [0.3, 0.4) is 0 Å². The standard InChI is InChI=1S/C24H31F6N3O3/c1-17-3-4-18(15-19(17)31-11-13-35-14-12-31)16-33-8-2-5-22(33)6-9-32(10-7-22)21(34)36-20(23(25,26)27)24(28,29)30/h3-4,15,20H,2,5-14,16H2,1H3. The van der Waals surface area contributed by atoms with Crippen molar-refractivity contribution in [3.05, 3.63) is 29.3 Å². The number of aryl methyl sites for hydroxylation is 1. The molecule has 0 unspecified atom stereocenters. The molecule has 1 aromatic carbocycles. The van der Waals surface area contributed by atoms with E-state index in [0.29, 0.717) is 32.6 Å². The molecule has 0 aromatic heterocycles. The third-order valence-electron chi connectivity index (χ3n) is 7.51. The molecule has 0 saturated carbocycles. The fraction of sp³-hybridized carbons (Fsp3) is 0.708. The number of likely N-dealkylation sites (tertiary alicyclic amines) is 2. The third-order valence-corrected chi connectivity index (χ3v) is 7.51. The van der Waals surface area contributed by atoms with E-state index in [2.05, 4.69) is 39.7 Å². The fourth-order valence-corrected chi connectivity index (χ4v) is 5.53. The number of hydrogen-bond acceptors (Lipinski definition) is 5. The molecular weight excluding hydrogens is 492 g/mol. The Morgan fingerprint density at radius 3 is 2.25 bits per heavy atom. The number of carbonyl (C=O) groups excluding carboxylic acids is 1. The Morgan fingerprint density at radius 2 is 1.64 bits per heavy atom. The number of morpholine rings is 1. The molecule has 0 atom stereocenters. The molecule has 1 amide bonds. The summed E-state index contributed by atoms with van der Waals surface area (Å²) in [5, 5.41) is 0. The summed E-state index contributed by atoms with van der Waals surface area (Å²) in [6.45, 7) is 6.72. The summed E-state index contributed by atoms with van der Waals surface area (Å²) in [6, 6.07) is 6.37. The highest BCUT2D eigenvalue weighted by molar-refractivity contribution is 5.68. The van der Waals surface area contributed by atoms with E-state index in [0.717, 1.165) is 42.9 Å². The number of hydrogen-bond donors (Lipinski definition) is 0. The molecule has 202 valence electrons. The van der Waals surface area contributed by atoms with Crippen LogP contribution in [0.5, 0.6) is 0 Å². The van der Waals surface area contributed by atoms with Crippen LogP contribution in [-0.4, -0.2) is 85.8 Å². The van der Waals surface area contributed by atoms with Gasteiger partial charge in [0.05, 0.1) is 13.2 Å². The van der Waals surface area contributed by atoms with Crippen molar-refractivity contribution >= 4 is 11.8 Å². The van der Waals surface area contributed by atoms with Gasteiger partial charge in [-0.2, -0.15) is 26.3 Å². The molecular formula is C24H31F6N3O3. The second kappa shape index (κ2) is 10.3. The van der Waals surface area contributed by atoms with Crippen LogP contribution in [0.1, 0.15) is 36.8 Å². The highest BCUT2D eigenvalue weighted by atomic mass is 19.4. The van der Waals surface area contributed by atoms with Crippen molar-refractivity contribution < 1.29 is 40.6 Å². The van der Waals surface area contributed by atoms with Crippen molar-refractivity contribution in [3.8, 4) is 0 Å². The number of nitrogens with zero attached hydrogens (tertiary/aromatic N) is 3. The summed E-state index contributed by atoms with van der Waals surface area (Å²) in [5.74, 6) is 0. The summed E-state index contributed by atoms with van der Waals surface area (Å²) in [4.78, 5) is 17.8. The van der Waals surface area contributed by atoms with Crippen LogP contribution in [0.25, 0.3) is 0 Å². The van der Waals surface area contributed by atoms with E-state index in [1.165, 1.54) is 11.3 Å². The van der Waals surface area contributed by atoms with Gasteiger partial charge in [0.15, 0.2) is 0 Å². The molecule has 12 heteroatoms. The molecule has 1 aromatic rings. The SMILES string of the molecule is Cc1ccc(CN2CCCC23CCN(C(=O)OC(C(F)(F)F)C(F)(F)F)CC3)cc1N1CCOCC1. The molecule has 1 spiro atoms. The van der Waals surface area contributed by atoms with Crippen LogP contribution in [-0.2, 0) is 16.0 Å². The number of amides is 1. The summed E-state index contributed by atoms with van der Waals surface area (Å²) in [6.07, 6.45) is -14.4. The molecule has 4 rings (SSSR count). The maximum absolute atomic E-state index is 12.8. The lowest BCUT2D eigenvalue weighted by Gasteiger charge is -2.45. The Bertz CT molecular complexity index is 911. The zero-order valence-corrected chi connectivity index (χ0v) is 20.1. The van der Waals surface area contributed by atoms with Crippen molar-refractivity contribution in [2.45, 2.75) is 63.1 Å². The summed E-state index contributed by atoms with van der Waals surface area (Å²) in [7, 11) is 0. The third kappa shape index (κ3) is 5.85. The van der Waals surface area contributed by atoms with Crippen LogP contribution >= 0.6 is 0 Å². The Morgan fingerprint density at radius 1 is 1.00 bits per heavy atom. The van der Waals surface area contributed by atoms with Crippen molar-refractivity contribution in [3.63, 3.8) is 0 Å². The average Bonchev–Trinajstić information content (AvgIpc) is 3.19. The molecule has 3 saturated heterocycles. The second-order valence-corrected chi connectivity index (χ2v) is 9.80. The number of anilines is 1. The van der Waals surface area contributed by atoms with E-state index < -0.39 is 24.5 Å². The zero-order valence-electron chi connectivity index (χ0n) is 20.1. The predicted octanol–water partition coefficient (Wildman–Crippen LogP) is 4.89. The Hall–Kier alpha value is -2.21. The van der Waals surface area contributed by atoms with Crippen molar-refractivity contribution in [1.29, 1.82) is 0 Å². The lowest BCUT2D eigenvalue weighted by atomic mass is 9.85. The van der Waals surface area contributed by atoms with Gasteiger partial charge in [-0.25, -0.2) is 4.79 Å². The molecule has 6 nitrogen and oxygen atoms in total. The zero-order chi connectivity index (χ0) is 26.1. The lowest BCUT2D eigenvalue weighted by molar-refractivity contribution is -0.308. The van der Waals surface area contributed by atoms with Crippen LogP contribution in [0.4, 0.5) is 36.8 Å². The van der Waals surface area contributed by atoms with Crippen molar-refractivity contribution in [2.75, 3.05) is 50.8 Å². The minimum absolute atomic E-state index is 0.0463. The van der Waals surface area contributed by atoms with Gasteiger partial charge in [0.25, 0.3) is 6.10 Å². The van der Waals surface area contributed by atoms with E-state index in [1.807, 2.05) is 0 Å². The van der Waals surface area contributed by atoms with E-state index in [9.17, 15) is 31.1 Å². The molecule has 36 heavy (non-hydrogen) atoms. The molecule has 0 bridgehead atoms. The minimum Gasteiger partial charge on any atom is -0.426 e. The average molecular weight is 524 g/mol. The normalized spacial score (nSPS) is 21.4. The quantitative estimate of drug-likeness (QED) is 0.526. The van der Waals surface area contributed by atoms with Gasteiger partial charge in [0, 0.05) is 44.0 Å². The first-order valence-corrected chi connectivity index (χ1v) is 12.2. The topological polar surface area (TPSA) is 45.2 Å². The number of alkyl halides is 6. The van der Waals surface area contributed by atoms with E-state index in [1.54, 1.807) is 0 Å². The van der Waals surface area contributed by atoms with Gasteiger partial charge in [0.1, 0.15) is 0 Å². The second-order valence-electron chi connectivity index (χ2n) is 9.80. The van der Waals surface area contributed by atoms with Gasteiger partial charge >= 0.3 is 18.4 Å². The number of ether oxygens (including phenoxy) is 2. The van der Waals surface area contributed by atoms with E-state index in [-0.39, 0.29) is 18.6 Å². The summed E-state index contributed by atoms with van der Waals surface area (Å²) >= 11 is 0. The summed E-state index contributed by atoms with van der Waals surface area (Å²) < 4.78 is 86.0. The smallest absolute Gasteiger partial charge is 0.426 e. The Balaban J connectivity index is 1.39. The van der Waals surface area contributed by atoms with Gasteiger partial charge in [-0.05, 0) is 56.3 Å². The highest BCUT2D eigenvalue weighted by Crippen LogP contribution is 2.41. The van der Waals surface area contributed by atoms with E-state index >= 15 is 0 Å².